The number of guanidine groups is 1. The van der Waals surface area contributed by atoms with E-state index in [-0.39, 0.29) is 29.8 Å². The molecule has 1 aromatic rings. The third-order valence-corrected chi connectivity index (χ3v) is 3.41. The fourth-order valence-corrected chi connectivity index (χ4v) is 2.47. The first-order valence-electron chi connectivity index (χ1n) is 6.08. The van der Waals surface area contributed by atoms with E-state index in [1.54, 1.807) is 17.8 Å². The van der Waals surface area contributed by atoms with E-state index >= 15 is 0 Å². The first-order chi connectivity index (χ1) is 8.79. The van der Waals surface area contributed by atoms with Crippen molar-refractivity contribution in [3.8, 4) is 0 Å². The Morgan fingerprint density at radius 2 is 2.26 bits per heavy atom. The van der Waals surface area contributed by atoms with Crippen LogP contribution in [0.4, 0.5) is 4.39 Å². The second-order valence-corrected chi connectivity index (χ2v) is 5.08. The van der Waals surface area contributed by atoms with Gasteiger partial charge in [-0.05, 0) is 35.9 Å². The maximum Gasteiger partial charge on any atom is 0.191 e. The average molecular weight is 395 g/mol. The number of hydrogen-bond donors (Lipinski definition) is 2. The van der Waals surface area contributed by atoms with Crippen molar-refractivity contribution in [3.05, 3.63) is 35.1 Å². The fraction of sp³-hybridized carbons (Fsp3) is 0.462. The van der Waals surface area contributed by atoms with Crippen LogP contribution in [-0.4, -0.2) is 25.3 Å². The minimum atomic E-state index is -0.170. The van der Waals surface area contributed by atoms with E-state index in [9.17, 15) is 4.39 Å². The van der Waals surface area contributed by atoms with Crippen LogP contribution in [0.25, 0.3) is 0 Å². The van der Waals surface area contributed by atoms with Crippen LogP contribution in [0.2, 0.25) is 0 Å². The lowest BCUT2D eigenvalue weighted by atomic mass is 10.1. The van der Waals surface area contributed by atoms with Crippen LogP contribution in [0.1, 0.15) is 17.5 Å². The van der Waals surface area contributed by atoms with E-state index in [4.69, 9.17) is 0 Å². The Bertz CT molecular complexity index is 440. The van der Waals surface area contributed by atoms with Crippen LogP contribution in [0, 0.1) is 5.82 Å². The summed E-state index contributed by atoms with van der Waals surface area (Å²) >= 11 is 1.70. The van der Waals surface area contributed by atoms with Crippen molar-refractivity contribution in [1.29, 1.82) is 0 Å². The van der Waals surface area contributed by atoms with E-state index in [0.29, 0.717) is 6.54 Å². The Morgan fingerprint density at radius 3 is 2.95 bits per heavy atom. The molecule has 0 aliphatic carbocycles. The Kier molecular flexibility index (Phi) is 7.52. The van der Waals surface area contributed by atoms with Crippen molar-refractivity contribution in [1.82, 2.24) is 10.6 Å². The lowest BCUT2D eigenvalue weighted by Crippen LogP contribution is -2.40. The molecule has 2 rings (SSSR count). The van der Waals surface area contributed by atoms with Gasteiger partial charge in [0.15, 0.2) is 5.96 Å². The van der Waals surface area contributed by atoms with Gasteiger partial charge in [0.25, 0.3) is 0 Å². The van der Waals surface area contributed by atoms with Crippen LogP contribution in [0.3, 0.4) is 0 Å². The summed E-state index contributed by atoms with van der Waals surface area (Å²) in [4.78, 5) is 4.35. The van der Waals surface area contributed by atoms with Gasteiger partial charge in [-0.3, -0.25) is 4.99 Å². The second-order valence-electron chi connectivity index (χ2n) is 4.21. The highest BCUT2D eigenvalue weighted by Crippen LogP contribution is 2.16. The minimum absolute atomic E-state index is 0. The Labute approximate surface area is 134 Å². The van der Waals surface area contributed by atoms with Crippen molar-refractivity contribution in [3.63, 3.8) is 0 Å². The second kappa shape index (κ2) is 8.63. The number of halogens is 2. The van der Waals surface area contributed by atoms with Gasteiger partial charge in [0.2, 0.25) is 0 Å². The van der Waals surface area contributed by atoms with Crippen LogP contribution >= 0.6 is 35.7 Å². The largest absolute Gasteiger partial charge is 0.356 e. The van der Waals surface area contributed by atoms with Crippen LogP contribution in [0.5, 0.6) is 0 Å². The van der Waals surface area contributed by atoms with E-state index in [2.05, 4.69) is 15.6 Å². The summed E-state index contributed by atoms with van der Waals surface area (Å²) in [6.45, 7) is 2.52. The quantitative estimate of drug-likeness (QED) is 0.770. The summed E-state index contributed by atoms with van der Waals surface area (Å²) in [6, 6.07) is 4.97. The number of benzene rings is 1. The zero-order valence-electron chi connectivity index (χ0n) is 10.9. The summed E-state index contributed by atoms with van der Waals surface area (Å²) in [5, 5.41) is 6.48. The molecule has 1 heterocycles. The highest BCUT2D eigenvalue weighted by atomic mass is 127. The van der Waals surface area contributed by atoms with Crippen molar-refractivity contribution >= 4 is 41.7 Å². The SMILES string of the molecule is CSCc1cc(F)ccc1CNC1=NCCCN1.I. The van der Waals surface area contributed by atoms with Gasteiger partial charge in [-0.25, -0.2) is 4.39 Å². The smallest absolute Gasteiger partial charge is 0.191 e. The third kappa shape index (κ3) is 5.18. The summed E-state index contributed by atoms with van der Waals surface area (Å²) < 4.78 is 13.2. The molecule has 0 bridgehead atoms. The molecule has 106 valence electrons. The summed E-state index contributed by atoms with van der Waals surface area (Å²) in [5.41, 5.74) is 2.17. The topological polar surface area (TPSA) is 36.4 Å². The van der Waals surface area contributed by atoms with Gasteiger partial charge in [-0.1, -0.05) is 6.07 Å². The molecule has 0 spiro atoms. The summed E-state index contributed by atoms with van der Waals surface area (Å²) in [7, 11) is 0. The van der Waals surface area contributed by atoms with Gasteiger partial charge in [0, 0.05) is 25.4 Å². The molecule has 0 saturated carbocycles. The maximum absolute atomic E-state index is 13.2. The summed E-state index contributed by atoms with van der Waals surface area (Å²) in [6.07, 6.45) is 3.11. The lowest BCUT2D eigenvalue weighted by molar-refractivity contribution is 0.624. The van der Waals surface area contributed by atoms with E-state index in [0.717, 1.165) is 42.3 Å². The number of nitrogens with zero attached hydrogens (tertiary/aromatic N) is 1. The highest BCUT2D eigenvalue weighted by Gasteiger charge is 2.07. The molecule has 0 fully saturated rings. The predicted molar refractivity (Wildman–Crippen MR) is 90.8 cm³/mol. The van der Waals surface area contributed by atoms with Crippen molar-refractivity contribution in [2.24, 2.45) is 4.99 Å². The zero-order valence-corrected chi connectivity index (χ0v) is 14.1. The Balaban J connectivity index is 0.00000180. The van der Waals surface area contributed by atoms with Crippen molar-refractivity contribution in [2.45, 2.75) is 18.7 Å². The molecule has 1 aliphatic rings. The van der Waals surface area contributed by atoms with Crippen molar-refractivity contribution < 1.29 is 4.39 Å². The first kappa shape index (κ1) is 16.6. The predicted octanol–water partition coefficient (Wildman–Crippen LogP) is 2.75. The number of aliphatic imine (C=N–C) groups is 1. The minimum Gasteiger partial charge on any atom is -0.356 e. The van der Waals surface area contributed by atoms with Gasteiger partial charge < -0.3 is 10.6 Å². The van der Waals surface area contributed by atoms with E-state index in [1.165, 1.54) is 6.07 Å². The fourth-order valence-electron chi connectivity index (χ4n) is 1.89. The maximum atomic E-state index is 13.2. The highest BCUT2D eigenvalue weighted by molar-refractivity contribution is 14.0. The number of hydrogen-bond acceptors (Lipinski definition) is 4. The monoisotopic (exact) mass is 395 g/mol. The molecule has 6 heteroatoms. The molecular weight excluding hydrogens is 376 g/mol. The van der Waals surface area contributed by atoms with Gasteiger partial charge in [-0.2, -0.15) is 11.8 Å². The van der Waals surface area contributed by atoms with Crippen LogP contribution in [-0.2, 0) is 12.3 Å². The van der Waals surface area contributed by atoms with Crippen LogP contribution in [0.15, 0.2) is 23.2 Å². The van der Waals surface area contributed by atoms with Crippen molar-refractivity contribution in [2.75, 3.05) is 19.3 Å². The molecule has 2 N–H and O–H groups in total. The molecule has 0 saturated heterocycles. The molecular formula is C13H19FIN3S. The Morgan fingerprint density at radius 1 is 1.42 bits per heavy atom. The molecule has 0 radical (unpaired) electrons. The molecule has 1 aliphatic heterocycles. The molecule has 1 aromatic carbocycles. The summed E-state index contributed by atoms with van der Waals surface area (Å²) in [5.74, 6) is 1.51. The van der Waals surface area contributed by atoms with Gasteiger partial charge in [-0.15, -0.1) is 24.0 Å². The van der Waals surface area contributed by atoms with Gasteiger partial charge >= 0.3 is 0 Å². The van der Waals surface area contributed by atoms with E-state index in [1.807, 2.05) is 12.3 Å². The zero-order chi connectivity index (χ0) is 12.8. The molecule has 0 unspecified atom stereocenters. The van der Waals surface area contributed by atoms with E-state index < -0.39 is 0 Å². The molecule has 19 heavy (non-hydrogen) atoms. The Hall–Kier alpha value is -0.500. The third-order valence-electron chi connectivity index (χ3n) is 2.81. The first-order valence-corrected chi connectivity index (χ1v) is 7.47. The standard InChI is InChI=1S/C13H18FN3S.HI/c1-18-9-11-7-12(14)4-3-10(11)8-17-13-15-5-2-6-16-13;/h3-4,7H,2,5-6,8-9H2,1H3,(H2,15,16,17);1H. The lowest BCUT2D eigenvalue weighted by Gasteiger charge is -2.17. The molecule has 0 aromatic heterocycles. The molecule has 0 amide bonds. The van der Waals surface area contributed by atoms with Gasteiger partial charge in [0.05, 0.1) is 0 Å². The average Bonchev–Trinajstić information content (AvgIpc) is 2.39. The number of nitrogens with one attached hydrogen (secondary N) is 2. The molecule has 0 atom stereocenters. The normalized spacial score (nSPS) is 14.1. The van der Waals surface area contributed by atoms with Crippen LogP contribution < -0.4 is 10.6 Å². The number of thioether (sulfide) groups is 1. The number of rotatable bonds is 4. The molecule has 3 nitrogen and oxygen atoms in total. The van der Waals surface area contributed by atoms with Gasteiger partial charge in [0.1, 0.15) is 5.82 Å².